The van der Waals surface area contributed by atoms with E-state index in [1.165, 1.54) is 23.4 Å². The van der Waals surface area contributed by atoms with Crippen molar-refractivity contribution in [1.29, 1.82) is 0 Å². The lowest BCUT2D eigenvalue weighted by Gasteiger charge is -2.16. The predicted octanol–water partition coefficient (Wildman–Crippen LogP) is -1.88. The first kappa shape index (κ1) is 35.8. The smallest absolute Gasteiger partial charge is 0.315 e. The molecular weight excluding hydrogens is 665 g/mol. The van der Waals surface area contributed by atoms with Crippen LogP contribution in [0.15, 0.2) is 22.6 Å². The average Bonchev–Trinajstić information content (AvgIpc) is 3.81. The lowest BCUT2D eigenvalue weighted by molar-refractivity contribution is -0.307. The second-order valence-corrected chi connectivity index (χ2v) is 15.5. The molecule has 2 aromatic rings. The number of carbonyl (C=O) groups excluding carboxylic acids is 3. The van der Waals surface area contributed by atoms with Crippen LogP contribution < -0.4 is 26.8 Å². The number of hydrogen-bond donors (Lipinski definition) is 6. The second-order valence-electron chi connectivity index (χ2n) is 12.0. The van der Waals surface area contributed by atoms with Crippen LogP contribution in [0.5, 0.6) is 0 Å². The Morgan fingerprint density at radius 1 is 1.27 bits per heavy atom. The topological polar surface area (TPSA) is 254 Å². The Morgan fingerprint density at radius 3 is 2.92 bits per heavy atom. The normalized spacial score (nSPS) is 28.1. The predicted molar refractivity (Wildman–Crippen MR) is 181 cm³/mol. The van der Waals surface area contributed by atoms with Crippen LogP contribution in [0.25, 0.3) is 11.2 Å². The minimum absolute atomic E-state index is 0.0869. The number of hydrogen-bond acceptors (Lipinski definition) is 14. The number of nitrogens with two attached hydrogens (primary N) is 1. The van der Waals surface area contributed by atoms with Gasteiger partial charge in [-0.25, -0.2) is 19.7 Å². The van der Waals surface area contributed by atoms with Crippen molar-refractivity contribution in [2.75, 3.05) is 35.9 Å². The molecule has 0 bridgehead atoms. The largest absolute Gasteiger partial charge is 0.548 e. The lowest BCUT2D eigenvalue weighted by atomic mass is 10.0. The first-order valence-electron chi connectivity index (χ1n) is 15.8. The van der Waals surface area contributed by atoms with Crippen molar-refractivity contribution in [3.8, 4) is 0 Å². The van der Waals surface area contributed by atoms with E-state index in [-0.39, 0.29) is 53.8 Å². The van der Waals surface area contributed by atoms with E-state index in [1.807, 2.05) is 18.0 Å². The van der Waals surface area contributed by atoms with Crippen LogP contribution in [0.2, 0.25) is 0 Å². The highest BCUT2D eigenvalue weighted by atomic mass is 32.2. The van der Waals surface area contributed by atoms with Crippen molar-refractivity contribution in [3.05, 3.63) is 12.7 Å². The molecule has 3 amide bonds. The van der Waals surface area contributed by atoms with Crippen LogP contribution in [0.4, 0.5) is 10.6 Å². The van der Waals surface area contributed by atoms with Crippen LogP contribution in [-0.4, -0.2) is 132 Å². The number of aliphatic carboxylic acids is 1. The van der Waals surface area contributed by atoms with Crippen LogP contribution >= 0.6 is 11.8 Å². The summed E-state index contributed by atoms with van der Waals surface area (Å²) < 4.78 is 7.51. The van der Waals surface area contributed by atoms with Gasteiger partial charge in [0.2, 0.25) is 5.91 Å². The van der Waals surface area contributed by atoms with Gasteiger partial charge in [-0.2, -0.15) is 11.8 Å². The maximum Gasteiger partial charge on any atom is 0.315 e. The van der Waals surface area contributed by atoms with Gasteiger partial charge in [-0.3, -0.25) is 19.3 Å². The molecule has 5 heterocycles. The van der Waals surface area contributed by atoms with Crippen molar-refractivity contribution >= 4 is 70.0 Å². The molecule has 0 aromatic carbocycles. The summed E-state index contributed by atoms with van der Waals surface area (Å²) in [6, 6.07) is -0.767. The van der Waals surface area contributed by atoms with Crippen LogP contribution in [0, 0.1) is 0 Å². The van der Waals surface area contributed by atoms with E-state index < -0.39 is 36.6 Å². The van der Waals surface area contributed by atoms with E-state index >= 15 is 0 Å². The summed E-state index contributed by atoms with van der Waals surface area (Å²) in [7, 11) is -0.365. The van der Waals surface area contributed by atoms with Gasteiger partial charge in [-0.15, -0.1) is 0 Å². The maximum absolute atomic E-state index is 12.1. The molecule has 0 radical (unpaired) electrons. The number of carboxylic acids is 1. The Balaban J connectivity index is 0.958. The van der Waals surface area contributed by atoms with Crippen molar-refractivity contribution in [2.24, 2.45) is 9.98 Å². The highest BCUT2D eigenvalue weighted by Gasteiger charge is 2.47. The number of thioether (sulfide) groups is 1. The Kier molecular flexibility index (Phi) is 12.5. The number of carboxylic acid groups (broad SMARTS) is 1. The van der Waals surface area contributed by atoms with Gasteiger partial charge in [-0.1, -0.05) is 6.42 Å². The van der Waals surface area contributed by atoms with Crippen molar-refractivity contribution < 1.29 is 34.4 Å². The number of aliphatic hydroxyl groups excluding tert-OH is 2. The fourth-order valence-electron chi connectivity index (χ4n) is 5.95. The van der Waals surface area contributed by atoms with Gasteiger partial charge in [0.05, 0.1) is 36.7 Å². The Bertz CT molecular complexity index is 1500. The van der Waals surface area contributed by atoms with Crippen LogP contribution in [0.1, 0.15) is 44.8 Å². The Hall–Kier alpha value is -3.52. The molecular formula is C29H42N10O7S2. The standard InChI is InChI=1S/C29H42N10O7S2/c1-48(12-18-23(41)24(42)27(46-18)39-15-36-22-25(30)34-14-35-26(22)39)10-7-16(28(43)44)32-9-4-8-31-13-33-20(40)6-3-2-5-19-21-17(11-47-19)37-29(45)38-21/h8-9,14-19,21,23-24,27,41-42H,2-7,10-13H2,1H3,(H5-,30,33,34,35,37,38,40,43,44,45)/t16-,17-,18+,19?,21-,23+,24+,27+,48?/m0/s1. The number of anilines is 1. The molecule has 7 N–H and O–H groups in total. The van der Waals surface area contributed by atoms with Crippen molar-refractivity contribution in [2.45, 2.75) is 86.4 Å². The third-order valence-electron chi connectivity index (χ3n) is 8.53. The highest BCUT2D eigenvalue weighted by Crippen LogP contribution is 2.34. The summed E-state index contributed by atoms with van der Waals surface area (Å²) in [4.78, 5) is 55.8. The molecule has 2 aromatic heterocycles. The SMILES string of the molecule is C[S+](CC[C@H](N=CCC=NCNC(=O)CCCCC1SC[C@@H]2NC(=O)N[C@H]12)C(=O)[O-])C[C@H]1O[C@@H](n2cnc3c(N)ncnc32)[C@H](O)[C@@H]1O. The highest BCUT2D eigenvalue weighted by molar-refractivity contribution is 8.00. The number of fused-ring (bicyclic) bond motifs is 2. The first-order valence-corrected chi connectivity index (χ1v) is 18.8. The summed E-state index contributed by atoms with van der Waals surface area (Å²) in [5.74, 6) is 0.630. The minimum Gasteiger partial charge on any atom is -0.548 e. The van der Waals surface area contributed by atoms with Gasteiger partial charge in [0, 0.05) is 42.7 Å². The number of unbranched alkanes of at least 4 members (excludes halogenated alkanes) is 1. The molecule has 0 aliphatic carbocycles. The molecule has 3 fully saturated rings. The first-order chi connectivity index (χ1) is 23.1. The summed E-state index contributed by atoms with van der Waals surface area (Å²) in [6.45, 7) is 0.124. The number of nitrogens with zero attached hydrogens (tertiary/aromatic N) is 6. The number of carbonyl (C=O) groups is 3. The molecule has 5 rings (SSSR count). The van der Waals surface area contributed by atoms with E-state index in [0.29, 0.717) is 40.8 Å². The van der Waals surface area contributed by atoms with Crippen molar-refractivity contribution in [1.82, 2.24) is 35.5 Å². The number of amides is 3. The Morgan fingerprint density at radius 2 is 2.10 bits per heavy atom. The zero-order chi connectivity index (χ0) is 34.2. The molecule has 48 heavy (non-hydrogen) atoms. The Labute approximate surface area is 284 Å². The zero-order valence-corrected chi connectivity index (χ0v) is 28.1. The van der Waals surface area contributed by atoms with Gasteiger partial charge < -0.3 is 46.5 Å². The van der Waals surface area contributed by atoms with Gasteiger partial charge in [0.1, 0.15) is 48.3 Å². The van der Waals surface area contributed by atoms with Gasteiger partial charge in [-0.05, 0) is 23.7 Å². The molecule has 2 unspecified atom stereocenters. The fraction of sp³-hybridized carbons (Fsp3) is 0.655. The molecule has 3 saturated heterocycles. The van der Waals surface area contributed by atoms with Gasteiger partial charge >= 0.3 is 6.03 Å². The number of imidazole rings is 1. The molecule has 3 aliphatic heterocycles. The molecule has 0 saturated carbocycles. The number of urea groups is 1. The minimum atomic E-state index is -1.29. The van der Waals surface area contributed by atoms with E-state index in [9.17, 15) is 29.7 Å². The van der Waals surface area contributed by atoms with E-state index in [4.69, 9.17) is 10.5 Å². The number of aromatic nitrogens is 4. The number of aliphatic hydroxyl groups is 2. The third kappa shape index (κ3) is 8.93. The molecule has 19 heteroatoms. The molecule has 0 spiro atoms. The molecule has 3 aliphatic rings. The average molecular weight is 707 g/mol. The fourth-order valence-corrected chi connectivity index (χ4v) is 9.13. The number of aliphatic imine (C=N–C) groups is 2. The lowest BCUT2D eigenvalue weighted by Crippen LogP contribution is -2.38. The number of rotatable bonds is 17. The van der Waals surface area contributed by atoms with Gasteiger partial charge in [0.25, 0.3) is 0 Å². The number of nitrogens with one attached hydrogen (secondary N) is 3. The van der Waals surface area contributed by atoms with E-state index in [1.54, 1.807) is 6.21 Å². The molecule has 17 nitrogen and oxygen atoms in total. The summed E-state index contributed by atoms with van der Waals surface area (Å²) in [5.41, 5.74) is 6.59. The molecule has 9 atom stereocenters. The molecule has 262 valence electrons. The zero-order valence-electron chi connectivity index (χ0n) is 26.5. The number of ether oxygens (including phenoxy) is 1. The third-order valence-corrected chi connectivity index (χ3v) is 11.9. The monoisotopic (exact) mass is 706 g/mol. The van der Waals surface area contributed by atoms with E-state index in [0.717, 1.165) is 25.0 Å². The number of nitrogen functional groups attached to an aromatic ring is 1. The summed E-state index contributed by atoms with van der Waals surface area (Å²) >= 11 is 1.86. The van der Waals surface area contributed by atoms with Crippen LogP contribution in [0.3, 0.4) is 0 Å². The summed E-state index contributed by atoms with van der Waals surface area (Å²) in [5, 5.41) is 42.1. The second kappa shape index (κ2) is 16.7. The van der Waals surface area contributed by atoms with Crippen molar-refractivity contribution in [3.63, 3.8) is 0 Å². The van der Waals surface area contributed by atoms with E-state index in [2.05, 4.69) is 40.9 Å². The summed E-state index contributed by atoms with van der Waals surface area (Å²) in [6.07, 6.45) is 7.21. The van der Waals surface area contributed by atoms with Crippen LogP contribution in [-0.2, 0) is 25.2 Å². The van der Waals surface area contributed by atoms with Gasteiger partial charge in [0.15, 0.2) is 17.7 Å². The quantitative estimate of drug-likeness (QED) is 0.0457. The maximum atomic E-state index is 12.1.